The van der Waals surface area contributed by atoms with Gasteiger partial charge in [-0.1, -0.05) is 23.7 Å². The molecule has 21 heavy (non-hydrogen) atoms. The molecule has 0 bridgehead atoms. The lowest BCUT2D eigenvalue weighted by atomic mass is 10.1. The summed E-state index contributed by atoms with van der Waals surface area (Å²) in [4.78, 5) is 4.38. The first-order valence-electron chi connectivity index (χ1n) is 6.96. The van der Waals surface area contributed by atoms with E-state index in [-0.39, 0.29) is 6.10 Å². The highest BCUT2D eigenvalue weighted by Gasteiger charge is 2.06. The summed E-state index contributed by atoms with van der Waals surface area (Å²) in [5, 5.41) is 4.02. The van der Waals surface area contributed by atoms with Crippen molar-refractivity contribution in [3.8, 4) is 5.88 Å². The number of anilines is 2. The molecule has 0 aliphatic carbocycles. The molecular weight excluding hydrogens is 286 g/mol. The molecule has 0 fully saturated rings. The summed E-state index contributed by atoms with van der Waals surface area (Å²) >= 11 is 5.86. The standard InChI is InChI=1S/C16H20ClN3O/c1-11(2)21-16-14(18)7-8-15(20-16)19-10-9-12-3-5-13(17)6-4-12/h3-8,11H,9-10,18H2,1-2H3,(H,19,20). The van der Waals surface area contributed by atoms with Crippen LogP contribution in [0.3, 0.4) is 0 Å². The van der Waals surface area contributed by atoms with Crippen LogP contribution in [0.4, 0.5) is 11.5 Å². The third-order valence-electron chi connectivity index (χ3n) is 2.87. The lowest BCUT2D eigenvalue weighted by Gasteiger charge is -2.13. The van der Waals surface area contributed by atoms with Crippen molar-refractivity contribution in [2.45, 2.75) is 26.4 Å². The number of pyridine rings is 1. The molecule has 1 aromatic heterocycles. The zero-order valence-electron chi connectivity index (χ0n) is 12.3. The van der Waals surface area contributed by atoms with Gasteiger partial charge in [0.05, 0.1) is 11.8 Å². The highest BCUT2D eigenvalue weighted by molar-refractivity contribution is 6.30. The number of nitrogens with zero attached hydrogens (tertiary/aromatic N) is 1. The van der Waals surface area contributed by atoms with E-state index in [0.29, 0.717) is 11.6 Å². The second-order valence-electron chi connectivity index (χ2n) is 5.06. The van der Waals surface area contributed by atoms with Gasteiger partial charge in [-0.3, -0.25) is 0 Å². The Morgan fingerprint density at radius 1 is 1.19 bits per heavy atom. The first-order valence-corrected chi connectivity index (χ1v) is 7.34. The van der Waals surface area contributed by atoms with Crippen molar-refractivity contribution in [3.63, 3.8) is 0 Å². The Balaban J connectivity index is 1.92. The summed E-state index contributed by atoms with van der Waals surface area (Å²) in [5.74, 6) is 1.23. The summed E-state index contributed by atoms with van der Waals surface area (Å²) < 4.78 is 5.57. The molecule has 5 heteroatoms. The van der Waals surface area contributed by atoms with Gasteiger partial charge in [0.1, 0.15) is 5.82 Å². The maximum absolute atomic E-state index is 5.86. The Labute approximate surface area is 130 Å². The van der Waals surface area contributed by atoms with Gasteiger partial charge in [0.2, 0.25) is 5.88 Å². The Bertz CT molecular complexity index is 585. The fourth-order valence-corrected chi connectivity index (χ4v) is 1.98. The molecule has 0 saturated heterocycles. The molecule has 2 rings (SSSR count). The minimum absolute atomic E-state index is 0.0455. The first kappa shape index (κ1) is 15.4. The second-order valence-corrected chi connectivity index (χ2v) is 5.50. The molecule has 1 aromatic carbocycles. The van der Waals surface area contributed by atoms with Crippen LogP contribution in [0.25, 0.3) is 0 Å². The van der Waals surface area contributed by atoms with Crippen molar-refractivity contribution in [1.82, 2.24) is 4.98 Å². The average Bonchev–Trinajstić information content (AvgIpc) is 2.44. The van der Waals surface area contributed by atoms with Crippen LogP contribution in [0.1, 0.15) is 19.4 Å². The van der Waals surface area contributed by atoms with Gasteiger partial charge in [-0.15, -0.1) is 0 Å². The van der Waals surface area contributed by atoms with Crippen molar-refractivity contribution < 1.29 is 4.74 Å². The highest BCUT2D eigenvalue weighted by Crippen LogP contribution is 2.22. The maximum Gasteiger partial charge on any atom is 0.239 e. The Kier molecular flexibility index (Phi) is 5.28. The molecule has 0 aliphatic heterocycles. The number of nitrogens with one attached hydrogen (secondary N) is 1. The molecule has 0 aliphatic rings. The number of rotatable bonds is 6. The van der Waals surface area contributed by atoms with Gasteiger partial charge < -0.3 is 15.8 Å². The Morgan fingerprint density at radius 3 is 2.57 bits per heavy atom. The predicted molar refractivity (Wildman–Crippen MR) is 88.1 cm³/mol. The number of benzene rings is 1. The molecule has 0 unspecified atom stereocenters. The molecule has 3 N–H and O–H groups in total. The minimum atomic E-state index is 0.0455. The van der Waals surface area contributed by atoms with Crippen LogP contribution in [0.2, 0.25) is 5.02 Å². The van der Waals surface area contributed by atoms with Gasteiger partial charge in [0.15, 0.2) is 0 Å². The topological polar surface area (TPSA) is 60.2 Å². The van der Waals surface area contributed by atoms with Crippen molar-refractivity contribution in [3.05, 3.63) is 47.0 Å². The summed E-state index contributed by atoms with van der Waals surface area (Å²) in [5.41, 5.74) is 7.62. The third kappa shape index (κ3) is 4.83. The fourth-order valence-electron chi connectivity index (χ4n) is 1.85. The van der Waals surface area contributed by atoms with Crippen LogP contribution in [0, 0.1) is 0 Å². The molecule has 0 spiro atoms. The third-order valence-corrected chi connectivity index (χ3v) is 3.12. The summed E-state index contributed by atoms with van der Waals surface area (Å²) in [6, 6.07) is 11.5. The van der Waals surface area contributed by atoms with Crippen LogP contribution in [-0.2, 0) is 6.42 Å². The van der Waals surface area contributed by atoms with Crippen molar-refractivity contribution in [1.29, 1.82) is 0 Å². The van der Waals surface area contributed by atoms with Crippen molar-refractivity contribution >= 4 is 23.1 Å². The van der Waals surface area contributed by atoms with Gasteiger partial charge >= 0.3 is 0 Å². The maximum atomic E-state index is 5.86. The zero-order valence-corrected chi connectivity index (χ0v) is 13.0. The van der Waals surface area contributed by atoms with E-state index in [1.54, 1.807) is 6.07 Å². The smallest absolute Gasteiger partial charge is 0.239 e. The number of nitrogen functional groups attached to an aromatic ring is 1. The van der Waals surface area contributed by atoms with Gasteiger partial charge in [-0.05, 0) is 50.1 Å². The molecule has 0 atom stereocenters. The first-order chi connectivity index (χ1) is 10.0. The lowest BCUT2D eigenvalue weighted by Crippen LogP contribution is -2.11. The number of halogens is 1. The molecule has 0 radical (unpaired) electrons. The van der Waals surface area contributed by atoms with E-state index < -0.39 is 0 Å². The highest BCUT2D eigenvalue weighted by atomic mass is 35.5. The van der Waals surface area contributed by atoms with E-state index in [9.17, 15) is 0 Å². The van der Waals surface area contributed by atoms with E-state index in [4.69, 9.17) is 22.1 Å². The Morgan fingerprint density at radius 2 is 1.90 bits per heavy atom. The van der Waals surface area contributed by atoms with E-state index in [1.165, 1.54) is 5.56 Å². The number of ether oxygens (including phenoxy) is 1. The summed E-state index contributed by atoms with van der Waals surface area (Å²) in [7, 11) is 0. The second kappa shape index (κ2) is 7.18. The number of hydrogen-bond acceptors (Lipinski definition) is 4. The molecule has 0 saturated carbocycles. The minimum Gasteiger partial charge on any atom is -0.473 e. The molecule has 112 valence electrons. The largest absolute Gasteiger partial charge is 0.473 e. The SMILES string of the molecule is CC(C)Oc1nc(NCCc2ccc(Cl)cc2)ccc1N. The predicted octanol–water partition coefficient (Wildman–Crippen LogP) is 3.76. The summed E-state index contributed by atoms with van der Waals surface area (Å²) in [6.07, 6.45) is 0.938. The van der Waals surface area contributed by atoms with Crippen LogP contribution in [0.15, 0.2) is 36.4 Å². The number of nitrogens with two attached hydrogens (primary N) is 1. The van der Waals surface area contributed by atoms with Crippen molar-refractivity contribution in [2.24, 2.45) is 0 Å². The van der Waals surface area contributed by atoms with Gasteiger partial charge in [-0.25, -0.2) is 0 Å². The van der Waals surface area contributed by atoms with Crippen LogP contribution in [0.5, 0.6) is 5.88 Å². The molecule has 0 amide bonds. The van der Waals surface area contributed by atoms with Gasteiger partial charge in [0.25, 0.3) is 0 Å². The number of hydrogen-bond donors (Lipinski definition) is 2. The zero-order chi connectivity index (χ0) is 15.2. The van der Waals surface area contributed by atoms with Gasteiger partial charge in [0, 0.05) is 11.6 Å². The van der Waals surface area contributed by atoms with Crippen molar-refractivity contribution in [2.75, 3.05) is 17.6 Å². The van der Waals surface area contributed by atoms with Crippen LogP contribution in [-0.4, -0.2) is 17.6 Å². The summed E-state index contributed by atoms with van der Waals surface area (Å²) in [6.45, 7) is 4.67. The molecule has 1 heterocycles. The molecule has 4 nitrogen and oxygen atoms in total. The van der Waals surface area contributed by atoms with E-state index in [1.807, 2.05) is 44.2 Å². The van der Waals surface area contributed by atoms with Crippen LogP contribution >= 0.6 is 11.6 Å². The van der Waals surface area contributed by atoms with Gasteiger partial charge in [-0.2, -0.15) is 4.98 Å². The monoisotopic (exact) mass is 305 g/mol. The molecule has 2 aromatic rings. The van der Waals surface area contributed by atoms with E-state index in [2.05, 4.69) is 10.3 Å². The normalized spacial score (nSPS) is 10.7. The fraction of sp³-hybridized carbons (Fsp3) is 0.312. The molecular formula is C16H20ClN3O. The van der Waals surface area contributed by atoms with E-state index >= 15 is 0 Å². The quantitative estimate of drug-likeness (QED) is 0.853. The number of aromatic nitrogens is 1. The Hall–Kier alpha value is -1.94. The average molecular weight is 306 g/mol. The van der Waals surface area contributed by atoms with Crippen LogP contribution < -0.4 is 15.8 Å². The lowest BCUT2D eigenvalue weighted by molar-refractivity contribution is 0.234. The van der Waals surface area contributed by atoms with E-state index in [0.717, 1.165) is 23.8 Å².